The molecule has 0 radical (unpaired) electrons. The molecule has 0 aromatic carbocycles. The smallest absolute Gasteiger partial charge is 0.0398 e. The molecule has 0 N–H and O–H groups in total. The van der Waals surface area contributed by atoms with Gasteiger partial charge < -0.3 is 0 Å². The van der Waals surface area contributed by atoms with E-state index in [4.69, 9.17) is 0 Å². The van der Waals surface area contributed by atoms with E-state index in [1.165, 1.54) is 0 Å². The second kappa shape index (κ2) is 3.83. The summed E-state index contributed by atoms with van der Waals surface area (Å²) < 4.78 is 0.922. The molecule has 0 fully saturated rings. The van der Waals surface area contributed by atoms with Gasteiger partial charge in [-0.3, -0.25) is 4.99 Å². The van der Waals surface area contributed by atoms with Gasteiger partial charge in [0.2, 0.25) is 0 Å². The minimum atomic E-state index is 0.808. The first-order valence-corrected chi connectivity index (χ1v) is 3.25. The first-order valence-electron chi connectivity index (χ1n) is 2.17. The van der Waals surface area contributed by atoms with Gasteiger partial charge in [0.05, 0.1) is 0 Å². The summed E-state index contributed by atoms with van der Waals surface area (Å²) in [6.45, 7) is 9.05. The van der Waals surface area contributed by atoms with E-state index >= 15 is 0 Å². The van der Waals surface area contributed by atoms with Crippen molar-refractivity contribution in [3.05, 3.63) is 22.4 Å². The summed E-state index contributed by atoms with van der Waals surface area (Å²) in [6.07, 6.45) is 1.68. The van der Waals surface area contributed by atoms with Gasteiger partial charge in [-0.05, 0) is 29.5 Å². The highest BCUT2D eigenvalue weighted by Gasteiger charge is 1.75. The van der Waals surface area contributed by atoms with Crippen molar-refractivity contribution in [2.24, 2.45) is 4.99 Å². The van der Waals surface area contributed by atoms with Crippen molar-refractivity contribution in [2.75, 3.05) is 0 Å². The number of hydrogen-bond acceptors (Lipinski definition) is 1. The van der Waals surface area contributed by atoms with Gasteiger partial charge in [0.25, 0.3) is 0 Å². The monoisotopic (exact) mass is 221 g/mol. The number of hydrogen-bond donors (Lipinski definition) is 0. The van der Waals surface area contributed by atoms with Crippen molar-refractivity contribution in [3.8, 4) is 0 Å². The van der Waals surface area contributed by atoms with Gasteiger partial charge in [0.1, 0.15) is 0 Å². The minimum absolute atomic E-state index is 0.808. The van der Waals surface area contributed by atoms with Crippen LogP contribution in [0.15, 0.2) is 27.4 Å². The van der Waals surface area contributed by atoms with E-state index in [1.54, 1.807) is 6.21 Å². The molecule has 0 rings (SSSR count). The summed E-state index contributed by atoms with van der Waals surface area (Å²) >= 11 is 2.09. The fourth-order valence-electron chi connectivity index (χ4n) is 0.180. The quantitative estimate of drug-likeness (QED) is 0.501. The Morgan fingerprint density at radius 1 is 1.62 bits per heavy atom. The van der Waals surface area contributed by atoms with Crippen LogP contribution in [-0.2, 0) is 0 Å². The SMILES string of the molecule is C=C(I)/C=N\C(=C)C. The van der Waals surface area contributed by atoms with Crippen molar-refractivity contribution in [3.63, 3.8) is 0 Å². The van der Waals surface area contributed by atoms with E-state index < -0.39 is 0 Å². The van der Waals surface area contributed by atoms with Gasteiger partial charge >= 0.3 is 0 Å². The number of aliphatic imine (C=N–C) groups is 1. The summed E-state index contributed by atoms with van der Waals surface area (Å²) in [7, 11) is 0. The maximum Gasteiger partial charge on any atom is 0.0398 e. The topological polar surface area (TPSA) is 12.4 Å². The van der Waals surface area contributed by atoms with Crippen LogP contribution in [0.1, 0.15) is 6.92 Å². The van der Waals surface area contributed by atoms with E-state index in [9.17, 15) is 0 Å². The highest BCUT2D eigenvalue weighted by molar-refractivity contribution is 14.1. The van der Waals surface area contributed by atoms with Crippen LogP contribution in [0, 0.1) is 0 Å². The van der Waals surface area contributed by atoms with E-state index in [1.807, 2.05) is 6.92 Å². The van der Waals surface area contributed by atoms with Crippen LogP contribution >= 0.6 is 22.6 Å². The van der Waals surface area contributed by atoms with Crippen molar-refractivity contribution in [1.29, 1.82) is 0 Å². The molecule has 0 unspecified atom stereocenters. The number of rotatable bonds is 2. The second-order valence-electron chi connectivity index (χ2n) is 1.44. The van der Waals surface area contributed by atoms with E-state index in [0.29, 0.717) is 0 Å². The summed E-state index contributed by atoms with van der Waals surface area (Å²) in [5, 5.41) is 0. The van der Waals surface area contributed by atoms with Crippen LogP contribution < -0.4 is 0 Å². The molecule has 0 aromatic heterocycles. The predicted molar refractivity (Wildman–Crippen MR) is 46.5 cm³/mol. The molecule has 44 valence electrons. The lowest BCUT2D eigenvalue weighted by molar-refractivity contribution is 1.34. The first kappa shape index (κ1) is 7.88. The zero-order valence-corrected chi connectivity index (χ0v) is 6.97. The van der Waals surface area contributed by atoms with Gasteiger partial charge in [-0.25, -0.2) is 0 Å². The fraction of sp³-hybridized carbons (Fsp3) is 0.167. The molecule has 0 aliphatic carbocycles. The lowest BCUT2D eigenvalue weighted by Gasteiger charge is -1.82. The summed E-state index contributed by atoms with van der Waals surface area (Å²) in [5.41, 5.74) is 0.808. The third-order valence-electron chi connectivity index (χ3n) is 0.425. The number of allylic oxidation sites excluding steroid dienone is 2. The Morgan fingerprint density at radius 2 is 2.12 bits per heavy atom. The van der Waals surface area contributed by atoms with Crippen molar-refractivity contribution >= 4 is 28.8 Å². The number of nitrogens with zero attached hydrogens (tertiary/aromatic N) is 1. The van der Waals surface area contributed by atoms with Crippen LogP contribution in [0.25, 0.3) is 0 Å². The summed E-state index contributed by atoms with van der Waals surface area (Å²) in [5.74, 6) is 0. The zero-order valence-electron chi connectivity index (χ0n) is 4.82. The molecule has 1 nitrogen and oxygen atoms in total. The normalized spacial score (nSPS) is 9.75. The van der Waals surface area contributed by atoms with E-state index in [2.05, 4.69) is 40.7 Å². The Balaban J connectivity index is 3.67. The summed E-state index contributed by atoms with van der Waals surface area (Å²) in [4.78, 5) is 3.90. The maximum atomic E-state index is 3.90. The fourth-order valence-corrected chi connectivity index (χ4v) is 0.320. The Morgan fingerprint density at radius 3 is 2.25 bits per heavy atom. The van der Waals surface area contributed by atoms with Crippen LogP contribution in [0.2, 0.25) is 0 Å². The zero-order chi connectivity index (χ0) is 6.57. The van der Waals surface area contributed by atoms with E-state index in [-0.39, 0.29) is 0 Å². The molecule has 0 aliphatic rings. The summed E-state index contributed by atoms with van der Waals surface area (Å²) in [6, 6.07) is 0. The highest BCUT2D eigenvalue weighted by Crippen LogP contribution is 1.98. The Kier molecular flexibility index (Phi) is 3.77. The van der Waals surface area contributed by atoms with Crippen molar-refractivity contribution in [2.45, 2.75) is 6.92 Å². The van der Waals surface area contributed by atoms with Crippen molar-refractivity contribution < 1.29 is 0 Å². The van der Waals surface area contributed by atoms with Crippen LogP contribution in [0.3, 0.4) is 0 Å². The van der Waals surface area contributed by atoms with Gasteiger partial charge in [0, 0.05) is 15.5 Å². The number of halogens is 1. The predicted octanol–water partition coefficient (Wildman–Crippen LogP) is 2.54. The third-order valence-corrected chi connectivity index (χ3v) is 0.704. The molecule has 0 amide bonds. The average Bonchev–Trinajstić information content (AvgIpc) is 1.61. The Labute approximate surface area is 63.3 Å². The molecular formula is C6H8IN. The Bertz CT molecular complexity index is 119. The largest absolute Gasteiger partial charge is 0.261 e. The molecule has 0 spiro atoms. The second-order valence-corrected chi connectivity index (χ2v) is 2.83. The minimum Gasteiger partial charge on any atom is -0.261 e. The molecule has 0 saturated carbocycles. The van der Waals surface area contributed by atoms with Gasteiger partial charge in [-0.15, -0.1) is 0 Å². The first-order chi connectivity index (χ1) is 3.63. The molecule has 0 saturated heterocycles. The maximum absolute atomic E-state index is 3.90. The van der Waals surface area contributed by atoms with Gasteiger partial charge in [-0.2, -0.15) is 0 Å². The van der Waals surface area contributed by atoms with Crippen LogP contribution in [0.4, 0.5) is 0 Å². The van der Waals surface area contributed by atoms with Crippen molar-refractivity contribution in [1.82, 2.24) is 0 Å². The van der Waals surface area contributed by atoms with Gasteiger partial charge in [0.15, 0.2) is 0 Å². The molecule has 2 heteroatoms. The molecule has 0 atom stereocenters. The molecule has 0 heterocycles. The molecule has 0 bridgehead atoms. The molecule has 0 aliphatic heterocycles. The van der Waals surface area contributed by atoms with Gasteiger partial charge in [-0.1, -0.05) is 13.2 Å². The lowest BCUT2D eigenvalue weighted by atomic mass is 10.6. The molecule has 8 heavy (non-hydrogen) atoms. The molecular weight excluding hydrogens is 213 g/mol. The highest BCUT2D eigenvalue weighted by atomic mass is 127. The van der Waals surface area contributed by atoms with Crippen LogP contribution in [0.5, 0.6) is 0 Å². The standard InChI is InChI=1S/C6H8IN/c1-5(2)8-4-6(3)7/h4H,1,3H2,2H3/b8-4-. The lowest BCUT2D eigenvalue weighted by Crippen LogP contribution is -1.68. The molecule has 0 aromatic rings. The van der Waals surface area contributed by atoms with E-state index in [0.717, 1.165) is 9.28 Å². The Hall–Kier alpha value is -0.120. The third kappa shape index (κ3) is 5.88. The average molecular weight is 221 g/mol. The van der Waals surface area contributed by atoms with Crippen LogP contribution in [-0.4, -0.2) is 6.21 Å².